The Morgan fingerprint density at radius 1 is 1.44 bits per heavy atom. The predicted octanol–water partition coefficient (Wildman–Crippen LogP) is 1.95. The molecule has 18 heavy (non-hydrogen) atoms. The van der Waals surface area contributed by atoms with E-state index >= 15 is 0 Å². The zero-order chi connectivity index (χ0) is 13.2. The minimum atomic E-state index is -0.142. The fourth-order valence-corrected chi connectivity index (χ4v) is 2.15. The molecule has 2 rings (SSSR count). The summed E-state index contributed by atoms with van der Waals surface area (Å²) in [5, 5.41) is 5.86. The van der Waals surface area contributed by atoms with Crippen LogP contribution in [-0.4, -0.2) is 25.1 Å². The van der Waals surface area contributed by atoms with E-state index in [2.05, 4.69) is 24.5 Å². The highest BCUT2D eigenvalue weighted by Gasteiger charge is 2.29. The first-order chi connectivity index (χ1) is 8.50. The number of anilines is 1. The highest BCUT2D eigenvalue weighted by molar-refractivity contribution is 5.91. The van der Waals surface area contributed by atoms with E-state index in [0.717, 1.165) is 23.4 Å². The van der Waals surface area contributed by atoms with Crippen molar-refractivity contribution in [3.63, 3.8) is 0 Å². The van der Waals surface area contributed by atoms with E-state index in [1.807, 2.05) is 25.2 Å². The van der Waals surface area contributed by atoms with E-state index < -0.39 is 0 Å². The van der Waals surface area contributed by atoms with Gasteiger partial charge in [-0.25, -0.2) is 0 Å². The number of nitrogens with one attached hydrogen (secondary N) is 2. The van der Waals surface area contributed by atoms with Crippen molar-refractivity contribution in [2.24, 2.45) is 0 Å². The molecule has 0 spiro atoms. The van der Waals surface area contributed by atoms with Crippen LogP contribution in [0.1, 0.15) is 25.8 Å². The molecule has 0 saturated carbocycles. The van der Waals surface area contributed by atoms with Gasteiger partial charge in [0.25, 0.3) is 0 Å². The molecule has 1 aliphatic rings. The smallest absolute Gasteiger partial charge is 0.225 e. The van der Waals surface area contributed by atoms with Crippen LogP contribution >= 0.6 is 0 Å². The van der Waals surface area contributed by atoms with Gasteiger partial charge in [0.05, 0.1) is 0 Å². The average molecular weight is 248 g/mol. The molecule has 0 radical (unpaired) electrons. The minimum Gasteiger partial charge on any atom is -0.487 e. The molecule has 1 aromatic rings. The summed E-state index contributed by atoms with van der Waals surface area (Å²) in [7, 11) is 1.84. The summed E-state index contributed by atoms with van der Waals surface area (Å²) < 4.78 is 5.80. The van der Waals surface area contributed by atoms with E-state index in [1.165, 1.54) is 0 Å². The molecule has 0 aromatic heterocycles. The van der Waals surface area contributed by atoms with E-state index in [1.54, 1.807) is 0 Å². The number of amides is 1. The van der Waals surface area contributed by atoms with E-state index in [4.69, 9.17) is 4.74 Å². The quantitative estimate of drug-likeness (QED) is 0.856. The summed E-state index contributed by atoms with van der Waals surface area (Å²) in [6.45, 7) is 4.82. The number of benzene rings is 1. The van der Waals surface area contributed by atoms with Gasteiger partial charge >= 0.3 is 0 Å². The van der Waals surface area contributed by atoms with Gasteiger partial charge in [0.1, 0.15) is 11.4 Å². The number of rotatable bonds is 4. The Bertz CT molecular complexity index is 455. The van der Waals surface area contributed by atoms with Crippen molar-refractivity contribution in [3.05, 3.63) is 23.8 Å². The third kappa shape index (κ3) is 3.01. The zero-order valence-corrected chi connectivity index (χ0v) is 11.2. The lowest BCUT2D eigenvalue weighted by Gasteiger charge is -2.16. The number of fused-ring (bicyclic) bond motifs is 1. The molecule has 4 nitrogen and oxygen atoms in total. The van der Waals surface area contributed by atoms with Crippen LogP contribution in [-0.2, 0) is 11.2 Å². The molecular formula is C14H20N2O2. The van der Waals surface area contributed by atoms with Crippen LogP contribution in [0.25, 0.3) is 0 Å². The largest absolute Gasteiger partial charge is 0.487 e. The lowest BCUT2D eigenvalue weighted by atomic mass is 10.0. The second kappa shape index (κ2) is 4.98. The molecule has 98 valence electrons. The molecule has 0 unspecified atom stereocenters. The molecule has 1 aliphatic heterocycles. The van der Waals surface area contributed by atoms with Crippen LogP contribution in [0, 0.1) is 0 Å². The number of carbonyl (C=O) groups excluding carboxylic acids is 1. The van der Waals surface area contributed by atoms with Gasteiger partial charge in [-0.05, 0) is 39.1 Å². The van der Waals surface area contributed by atoms with Crippen LogP contribution in [0.3, 0.4) is 0 Å². The first-order valence-corrected chi connectivity index (χ1v) is 6.26. The molecule has 1 amide bonds. The van der Waals surface area contributed by atoms with Crippen molar-refractivity contribution in [2.75, 3.05) is 18.9 Å². The highest BCUT2D eigenvalue weighted by Crippen LogP contribution is 2.36. The summed E-state index contributed by atoms with van der Waals surface area (Å²) >= 11 is 0. The number of hydrogen-bond donors (Lipinski definition) is 2. The molecule has 4 heteroatoms. The molecule has 1 aromatic carbocycles. The van der Waals surface area contributed by atoms with E-state index in [9.17, 15) is 4.79 Å². The minimum absolute atomic E-state index is 0.0301. The van der Waals surface area contributed by atoms with Gasteiger partial charge in [0.15, 0.2) is 0 Å². The molecule has 0 atom stereocenters. The standard InChI is InChI=1S/C14H20N2O2/c1-14(2)9-10-8-11(4-5-12(10)18-14)16-13(17)6-7-15-3/h4-5,8,15H,6-7,9H2,1-3H3,(H,16,17). The van der Waals surface area contributed by atoms with Crippen molar-refractivity contribution in [1.29, 1.82) is 0 Å². The van der Waals surface area contributed by atoms with Crippen LogP contribution in [0.2, 0.25) is 0 Å². The van der Waals surface area contributed by atoms with E-state index in [0.29, 0.717) is 13.0 Å². The van der Waals surface area contributed by atoms with Crippen molar-refractivity contribution < 1.29 is 9.53 Å². The summed E-state index contributed by atoms with van der Waals surface area (Å²) in [5.41, 5.74) is 1.86. The highest BCUT2D eigenvalue weighted by atomic mass is 16.5. The lowest BCUT2D eigenvalue weighted by Crippen LogP contribution is -2.24. The van der Waals surface area contributed by atoms with Gasteiger partial charge in [0, 0.05) is 30.6 Å². The van der Waals surface area contributed by atoms with Gasteiger partial charge in [-0.1, -0.05) is 0 Å². The topological polar surface area (TPSA) is 50.4 Å². The van der Waals surface area contributed by atoms with E-state index in [-0.39, 0.29) is 11.5 Å². The molecule has 0 aliphatic carbocycles. The Kier molecular flexibility index (Phi) is 3.57. The first-order valence-electron chi connectivity index (χ1n) is 6.26. The molecular weight excluding hydrogens is 228 g/mol. The fourth-order valence-electron chi connectivity index (χ4n) is 2.15. The predicted molar refractivity (Wildman–Crippen MR) is 72.0 cm³/mol. The van der Waals surface area contributed by atoms with Gasteiger partial charge < -0.3 is 15.4 Å². The Hall–Kier alpha value is -1.55. The Morgan fingerprint density at radius 3 is 2.94 bits per heavy atom. The van der Waals surface area contributed by atoms with Crippen LogP contribution in [0.15, 0.2) is 18.2 Å². The summed E-state index contributed by atoms with van der Waals surface area (Å²) in [6.07, 6.45) is 1.36. The monoisotopic (exact) mass is 248 g/mol. The van der Waals surface area contributed by atoms with Crippen molar-refractivity contribution in [2.45, 2.75) is 32.3 Å². The number of ether oxygens (including phenoxy) is 1. The Morgan fingerprint density at radius 2 is 2.22 bits per heavy atom. The second-order valence-electron chi connectivity index (χ2n) is 5.26. The first kappa shape index (κ1) is 12.9. The van der Waals surface area contributed by atoms with Crippen LogP contribution in [0.5, 0.6) is 5.75 Å². The Balaban J connectivity index is 2.03. The summed E-state index contributed by atoms with van der Waals surface area (Å²) in [4.78, 5) is 11.6. The van der Waals surface area contributed by atoms with Gasteiger partial charge in [-0.15, -0.1) is 0 Å². The van der Waals surface area contributed by atoms with Crippen molar-refractivity contribution >= 4 is 11.6 Å². The third-order valence-corrected chi connectivity index (χ3v) is 2.95. The van der Waals surface area contributed by atoms with Crippen molar-refractivity contribution in [3.8, 4) is 5.75 Å². The maximum Gasteiger partial charge on any atom is 0.225 e. The molecule has 1 heterocycles. The number of hydrogen-bond acceptors (Lipinski definition) is 3. The van der Waals surface area contributed by atoms with Crippen LogP contribution < -0.4 is 15.4 Å². The lowest BCUT2D eigenvalue weighted by molar-refractivity contribution is -0.116. The number of carbonyl (C=O) groups is 1. The molecule has 0 saturated heterocycles. The molecule has 0 bridgehead atoms. The fraction of sp³-hybridized carbons (Fsp3) is 0.500. The maximum absolute atomic E-state index is 11.6. The molecule has 2 N–H and O–H groups in total. The Labute approximate surface area is 108 Å². The third-order valence-electron chi connectivity index (χ3n) is 2.95. The normalized spacial score (nSPS) is 15.9. The second-order valence-corrected chi connectivity index (χ2v) is 5.26. The zero-order valence-electron chi connectivity index (χ0n) is 11.2. The summed E-state index contributed by atoms with van der Waals surface area (Å²) in [5.74, 6) is 0.954. The SMILES string of the molecule is CNCCC(=O)Nc1ccc2c(c1)CC(C)(C)O2. The summed E-state index contributed by atoms with van der Waals surface area (Å²) in [6, 6.07) is 5.82. The average Bonchev–Trinajstić information content (AvgIpc) is 2.59. The maximum atomic E-state index is 11.6. The van der Waals surface area contributed by atoms with Gasteiger partial charge in [-0.2, -0.15) is 0 Å². The van der Waals surface area contributed by atoms with Gasteiger partial charge in [0.2, 0.25) is 5.91 Å². The van der Waals surface area contributed by atoms with Gasteiger partial charge in [-0.3, -0.25) is 4.79 Å². The molecule has 0 fully saturated rings. The van der Waals surface area contributed by atoms with Crippen molar-refractivity contribution in [1.82, 2.24) is 5.32 Å². The van der Waals surface area contributed by atoms with Crippen LogP contribution in [0.4, 0.5) is 5.69 Å².